The maximum atomic E-state index is 10.1. The predicted molar refractivity (Wildman–Crippen MR) is 30.5 cm³/mol. The molecule has 9 heavy (non-hydrogen) atoms. The lowest BCUT2D eigenvalue weighted by atomic mass is 10.2. The van der Waals surface area contributed by atoms with Crippen LogP contribution in [0.3, 0.4) is 0 Å². The topological polar surface area (TPSA) is 66.4 Å². The third-order valence-electron chi connectivity index (χ3n) is 0.940. The molecule has 0 aliphatic heterocycles. The van der Waals surface area contributed by atoms with Crippen LogP contribution in [0.1, 0.15) is 13.3 Å². The minimum atomic E-state index is -1.03. The van der Waals surface area contributed by atoms with Gasteiger partial charge in [0.05, 0.1) is 0 Å². The molecule has 0 aliphatic carbocycles. The fourth-order valence-electron chi connectivity index (χ4n) is 0.410. The van der Waals surface area contributed by atoms with Crippen LogP contribution in [0, 0.1) is 0 Å². The second-order valence-corrected chi connectivity index (χ2v) is 1.55. The quantitative estimate of drug-likeness (QED) is 0.504. The molecule has 0 saturated heterocycles. The Morgan fingerprint density at radius 2 is 2.44 bits per heavy atom. The summed E-state index contributed by atoms with van der Waals surface area (Å²) in [4.78, 5) is 19.7. The van der Waals surface area contributed by atoms with E-state index in [1.54, 1.807) is 6.92 Å². The lowest BCUT2D eigenvalue weighted by Crippen LogP contribution is -2.34. The lowest BCUT2D eigenvalue weighted by Gasteiger charge is -2.04. The van der Waals surface area contributed by atoms with Gasteiger partial charge in [0, 0.05) is 0 Å². The molecule has 1 atom stereocenters. The van der Waals surface area contributed by atoms with Crippen molar-refractivity contribution in [3.8, 4) is 0 Å². The van der Waals surface area contributed by atoms with Gasteiger partial charge in [-0.2, -0.15) is 0 Å². The highest BCUT2D eigenvalue weighted by atomic mass is 16.4. The first-order valence-corrected chi connectivity index (χ1v) is 2.57. The van der Waals surface area contributed by atoms with Crippen molar-refractivity contribution in [1.29, 1.82) is 0 Å². The van der Waals surface area contributed by atoms with Crippen molar-refractivity contribution in [2.24, 2.45) is 0 Å². The molecular weight excluding hydrogens is 122 g/mol. The summed E-state index contributed by atoms with van der Waals surface area (Å²) < 4.78 is 0. The van der Waals surface area contributed by atoms with Gasteiger partial charge in [-0.15, -0.1) is 0 Å². The first kappa shape index (κ1) is 7.94. The number of carboxylic acids is 1. The second-order valence-electron chi connectivity index (χ2n) is 1.55. The molecule has 0 aromatic heterocycles. The van der Waals surface area contributed by atoms with E-state index in [1.807, 2.05) is 5.32 Å². The van der Waals surface area contributed by atoms with E-state index in [0.717, 1.165) is 0 Å². The maximum Gasteiger partial charge on any atom is 0.326 e. The molecule has 0 aromatic rings. The van der Waals surface area contributed by atoms with E-state index in [2.05, 4.69) is 0 Å². The monoisotopic (exact) mass is 130 g/mol. The Morgan fingerprint density at radius 1 is 1.89 bits per heavy atom. The Labute approximate surface area is 52.9 Å². The fourth-order valence-corrected chi connectivity index (χ4v) is 0.410. The van der Waals surface area contributed by atoms with Crippen molar-refractivity contribution in [3.63, 3.8) is 0 Å². The largest absolute Gasteiger partial charge is 0.480 e. The molecule has 0 rings (SSSR count). The zero-order chi connectivity index (χ0) is 7.28. The predicted octanol–water partition coefficient (Wildman–Crippen LogP) is -0.494. The average Bonchev–Trinajstić information content (AvgIpc) is 1.82. The summed E-state index contributed by atoms with van der Waals surface area (Å²) in [7, 11) is 0. The Morgan fingerprint density at radius 3 is 2.56 bits per heavy atom. The average molecular weight is 130 g/mol. The smallest absolute Gasteiger partial charge is 0.326 e. The number of carbonyl (C=O) groups excluding carboxylic acids is 1. The van der Waals surface area contributed by atoms with Crippen LogP contribution in [0.2, 0.25) is 0 Å². The number of nitrogens with one attached hydrogen (secondary N) is 1. The van der Waals surface area contributed by atoms with Crippen LogP contribution < -0.4 is 5.32 Å². The lowest BCUT2D eigenvalue weighted by molar-refractivity contribution is -0.139. The number of hydrogen-bond donors (Lipinski definition) is 2. The van der Waals surface area contributed by atoms with Gasteiger partial charge in [-0.25, -0.2) is 4.79 Å². The second kappa shape index (κ2) is 3.88. The molecule has 4 nitrogen and oxygen atoms in total. The Balaban J connectivity index is 3.67. The number of aliphatic carboxylic acids is 1. The highest BCUT2D eigenvalue weighted by Gasteiger charge is 2.12. The number of carboxylic acid groups (broad SMARTS) is 1. The van der Waals surface area contributed by atoms with E-state index in [-0.39, 0.29) is 0 Å². The molecule has 0 bridgehead atoms. The van der Waals surface area contributed by atoms with Gasteiger partial charge in [0.2, 0.25) is 0 Å². The van der Waals surface area contributed by atoms with Gasteiger partial charge in [-0.05, 0) is 6.42 Å². The molecule has 1 amide bonds. The van der Waals surface area contributed by atoms with Gasteiger partial charge in [0.15, 0.2) is 0 Å². The number of amides is 1. The summed E-state index contributed by atoms with van der Waals surface area (Å²) in [5.41, 5.74) is 0. The van der Waals surface area contributed by atoms with Crippen molar-refractivity contribution >= 4 is 12.4 Å². The van der Waals surface area contributed by atoms with Crippen LogP contribution in [-0.4, -0.2) is 23.5 Å². The van der Waals surface area contributed by atoms with Crippen LogP contribution in [-0.2, 0) is 9.59 Å². The molecule has 0 aliphatic rings. The minimum absolute atomic E-state index is 0.380. The molecule has 0 spiro atoms. The van der Waals surface area contributed by atoms with Crippen molar-refractivity contribution in [2.75, 3.05) is 0 Å². The molecular formula is C5H8NO3. The molecule has 51 valence electrons. The van der Waals surface area contributed by atoms with Crippen molar-refractivity contribution in [3.05, 3.63) is 0 Å². The highest BCUT2D eigenvalue weighted by molar-refractivity contribution is 5.76. The molecule has 0 heterocycles. The normalized spacial score (nSPS) is 12.1. The van der Waals surface area contributed by atoms with E-state index in [4.69, 9.17) is 5.11 Å². The van der Waals surface area contributed by atoms with Crippen molar-refractivity contribution in [1.82, 2.24) is 5.32 Å². The molecule has 4 heteroatoms. The van der Waals surface area contributed by atoms with Gasteiger partial charge < -0.3 is 10.4 Å². The summed E-state index contributed by atoms with van der Waals surface area (Å²) in [6.45, 7) is 1.67. The number of carbonyl (C=O) groups is 1. The summed E-state index contributed by atoms with van der Waals surface area (Å²) in [6.07, 6.45) is 1.70. The van der Waals surface area contributed by atoms with E-state index in [0.29, 0.717) is 6.42 Å². The van der Waals surface area contributed by atoms with Gasteiger partial charge >= 0.3 is 12.4 Å². The number of rotatable bonds is 4. The third-order valence-corrected chi connectivity index (χ3v) is 0.940. The summed E-state index contributed by atoms with van der Waals surface area (Å²) in [5.74, 6) is -1.03. The van der Waals surface area contributed by atoms with Crippen molar-refractivity contribution in [2.45, 2.75) is 19.4 Å². The van der Waals surface area contributed by atoms with Gasteiger partial charge in [-0.1, -0.05) is 6.92 Å². The molecule has 2 N–H and O–H groups in total. The van der Waals surface area contributed by atoms with Crippen LogP contribution in [0.5, 0.6) is 0 Å². The highest BCUT2D eigenvalue weighted by Crippen LogP contribution is 1.87. The van der Waals surface area contributed by atoms with Gasteiger partial charge in [0.1, 0.15) is 6.04 Å². The molecule has 1 radical (unpaired) electrons. The maximum absolute atomic E-state index is 10.1. The van der Waals surface area contributed by atoms with E-state index < -0.39 is 12.0 Å². The molecule has 0 fully saturated rings. The van der Waals surface area contributed by atoms with Gasteiger partial charge in [0.25, 0.3) is 0 Å². The summed E-state index contributed by atoms with van der Waals surface area (Å²) >= 11 is 0. The van der Waals surface area contributed by atoms with E-state index in [9.17, 15) is 9.59 Å². The molecule has 1 unspecified atom stereocenters. The van der Waals surface area contributed by atoms with Gasteiger partial charge in [-0.3, -0.25) is 4.79 Å². The minimum Gasteiger partial charge on any atom is -0.480 e. The zero-order valence-electron chi connectivity index (χ0n) is 5.05. The third kappa shape index (κ3) is 2.69. The number of hydrogen-bond acceptors (Lipinski definition) is 2. The van der Waals surface area contributed by atoms with Crippen LogP contribution in [0.25, 0.3) is 0 Å². The molecule has 0 aromatic carbocycles. The summed E-state index contributed by atoms with van der Waals surface area (Å²) in [6, 6.07) is -0.789. The zero-order valence-corrected chi connectivity index (χ0v) is 5.05. The van der Waals surface area contributed by atoms with E-state index >= 15 is 0 Å². The van der Waals surface area contributed by atoms with Crippen LogP contribution in [0.4, 0.5) is 0 Å². The fraction of sp³-hybridized carbons (Fsp3) is 0.600. The molecule has 0 saturated carbocycles. The Hall–Kier alpha value is -1.06. The van der Waals surface area contributed by atoms with Crippen LogP contribution in [0.15, 0.2) is 0 Å². The first-order chi connectivity index (χ1) is 4.22. The SMILES string of the molecule is CCC(N[C]=O)C(=O)O. The van der Waals surface area contributed by atoms with Crippen molar-refractivity contribution < 1.29 is 14.7 Å². The standard InChI is InChI=1S/C5H8NO3/c1-2-4(5(8)9)6-3-7/h4H,2H2,1H3,(H,6,7)(H,8,9). The summed E-state index contributed by atoms with van der Waals surface area (Å²) in [5, 5.41) is 10.3. The Kier molecular flexibility index (Phi) is 3.43. The van der Waals surface area contributed by atoms with E-state index in [1.165, 1.54) is 6.41 Å². The van der Waals surface area contributed by atoms with Crippen LogP contribution >= 0.6 is 0 Å². The Bertz CT molecular complexity index is 113. The first-order valence-electron chi connectivity index (χ1n) is 2.57.